The number of carbonyl (C=O) groups is 1. The number of aryl methyl sites for hydroxylation is 1. The summed E-state index contributed by atoms with van der Waals surface area (Å²) in [7, 11) is 3.04. The van der Waals surface area contributed by atoms with Gasteiger partial charge in [0.1, 0.15) is 0 Å². The summed E-state index contributed by atoms with van der Waals surface area (Å²) in [6, 6.07) is 9.55. The van der Waals surface area contributed by atoms with Crippen LogP contribution in [0.25, 0.3) is 5.69 Å². The van der Waals surface area contributed by atoms with Gasteiger partial charge in [-0.05, 0) is 24.3 Å². The monoisotopic (exact) mass is 297 g/mol. The first-order chi connectivity index (χ1) is 10.7. The molecular formula is C15H15N5O2. The molecule has 0 bridgehead atoms. The zero-order chi connectivity index (χ0) is 15.5. The van der Waals surface area contributed by atoms with E-state index in [9.17, 15) is 4.79 Å². The minimum Gasteiger partial charge on any atom is -0.464 e. The maximum absolute atomic E-state index is 11.8. The normalized spacial score (nSPS) is 10.5. The Hall–Kier alpha value is -3.09. The van der Waals surface area contributed by atoms with Crippen molar-refractivity contribution in [2.75, 3.05) is 12.4 Å². The number of benzene rings is 1. The van der Waals surface area contributed by atoms with Gasteiger partial charge in [-0.15, -0.1) is 0 Å². The van der Waals surface area contributed by atoms with E-state index in [1.165, 1.54) is 11.8 Å². The van der Waals surface area contributed by atoms with E-state index in [0.29, 0.717) is 11.4 Å². The van der Waals surface area contributed by atoms with Crippen LogP contribution in [0.4, 0.5) is 11.4 Å². The first-order valence-electron chi connectivity index (χ1n) is 6.66. The van der Waals surface area contributed by atoms with Gasteiger partial charge in [-0.2, -0.15) is 10.2 Å². The summed E-state index contributed by atoms with van der Waals surface area (Å²) in [5.74, 6) is -0.439. The summed E-state index contributed by atoms with van der Waals surface area (Å²) in [4.78, 5) is 11.8. The molecular weight excluding hydrogens is 282 g/mol. The van der Waals surface area contributed by atoms with Crippen molar-refractivity contribution in [1.82, 2.24) is 19.6 Å². The molecule has 0 aliphatic carbocycles. The van der Waals surface area contributed by atoms with Gasteiger partial charge in [0, 0.05) is 25.1 Å². The maximum Gasteiger partial charge on any atom is 0.358 e. The number of rotatable bonds is 4. The van der Waals surface area contributed by atoms with Crippen molar-refractivity contribution in [2.45, 2.75) is 0 Å². The molecule has 0 spiro atoms. The summed E-state index contributed by atoms with van der Waals surface area (Å²) in [6.07, 6.45) is 5.17. The third-order valence-electron chi connectivity index (χ3n) is 3.21. The SMILES string of the molecule is COC(=O)c1c(Nc2cccc(-n3cccn3)c2)cnn1C. The lowest BCUT2D eigenvalue weighted by Gasteiger charge is -2.09. The lowest BCUT2D eigenvalue weighted by Crippen LogP contribution is -2.10. The number of aromatic nitrogens is 4. The second-order valence-corrected chi connectivity index (χ2v) is 4.65. The summed E-state index contributed by atoms with van der Waals surface area (Å²) < 4.78 is 8.02. The highest BCUT2D eigenvalue weighted by molar-refractivity contribution is 5.94. The third kappa shape index (κ3) is 2.56. The minimum atomic E-state index is -0.439. The average molecular weight is 297 g/mol. The molecule has 3 rings (SSSR count). The van der Waals surface area contributed by atoms with Crippen molar-refractivity contribution >= 4 is 17.3 Å². The number of carbonyl (C=O) groups excluding carboxylic acids is 1. The lowest BCUT2D eigenvalue weighted by atomic mass is 10.2. The predicted octanol–water partition coefficient (Wildman–Crippen LogP) is 2.14. The Balaban J connectivity index is 1.91. The van der Waals surface area contributed by atoms with Gasteiger partial charge in [0.15, 0.2) is 5.69 Å². The standard InChI is InChI=1S/C15H15N5O2/c1-19-14(15(21)22-2)13(10-17-19)18-11-5-3-6-12(9-11)20-8-4-7-16-20/h3-10,18H,1-2H3. The van der Waals surface area contributed by atoms with Crippen molar-refractivity contribution in [2.24, 2.45) is 7.05 Å². The van der Waals surface area contributed by atoms with Crippen molar-refractivity contribution in [3.8, 4) is 5.69 Å². The van der Waals surface area contributed by atoms with Crippen molar-refractivity contribution < 1.29 is 9.53 Å². The van der Waals surface area contributed by atoms with Crippen molar-refractivity contribution in [3.05, 3.63) is 54.6 Å². The molecule has 1 N–H and O–H groups in total. The Bertz CT molecular complexity index is 792. The first-order valence-corrected chi connectivity index (χ1v) is 6.66. The molecule has 7 heteroatoms. The fraction of sp³-hybridized carbons (Fsp3) is 0.133. The highest BCUT2D eigenvalue weighted by Crippen LogP contribution is 2.22. The van der Waals surface area contributed by atoms with Crippen LogP contribution in [0.1, 0.15) is 10.5 Å². The molecule has 0 fully saturated rings. The van der Waals surface area contributed by atoms with Crippen molar-refractivity contribution in [3.63, 3.8) is 0 Å². The second-order valence-electron chi connectivity index (χ2n) is 4.65. The van der Waals surface area contributed by atoms with Crippen LogP contribution in [-0.2, 0) is 11.8 Å². The molecule has 2 heterocycles. The molecule has 0 unspecified atom stereocenters. The molecule has 112 valence electrons. The Morgan fingerprint density at radius 3 is 2.86 bits per heavy atom. The number of esters is 1. The Morgan fingerprint density at radius 1 is 1.27 bits per heavy atom. The largest absolute Gasteiger partial charge is 0.464 e. The summed E-state index contributed by atoms with van der Waals surface area (Å²) in [6.45, 7) is 0. The molecule has 7 nitrogen and oxygen atoms in total. The van der Waals surface area contributed by atoms with Gasteiger partial charge in [-0.25, -0.2) is 9.48 Å². The van der Waals surface area contributed by atoms with E-state index in [1.54, 1.807) is 24.1 Å². The molecule has 0 aliphatic heterocycles. The zero-order valence-electron chi connectivity index (χ0n) is 12.2. The first kappa shape index (κ1) is 13.9. The van der Waals surface area contributed by atoms with E-state index in [2.05, 4.69) is 15.5 Å². The third-order valence-corrected chi connectivity index (χ3v) is 3.21. The van der Waals surface area contributed by atoms with Crippen LogP contribution in [0.3, 0.4) is 0 Å². The number of hydrogen-bond acceptors (Lipinski definition) is 5. The summed E-state index contributed by atoms with van der Waals surface area (Å²) in [5.41, 5.74) is 2.70. The van der Waals surface area contributed by atoms with Gasteiger partial charge < -0.3 is 10.1 Å². The van der Waals surface area contributed by atoms with Gasteiger partial charge in [0.2, 0.25) is 0 Å². The molecule has 0 radical (unpaired) electrons. The zero-order valence-corrected chi connectivity index (χ0v) is 12.2. The molecule has 0 atom stereocenters. The fourth-order valence-electron chi connectivity index (χ4n) is 2.17. The number of nitrogens with zero attached hydrogens (tertiary/aromatic N) is 4. The number of hydrogen-bond donors (Lipinski definition) is 1. The number of ether oxygens (including phenoxy) is 1. The van der Waals surface area contributed by atoms with Gasteiger partial charge in [0.05, 0.1) is 24.7 Å². The number of methoxy groups -OCH3 is 1. The quantitative estimate of drug-likeness (QED) is 0.747. The average Bonchev–Trinajstić information content (AvgIpc) is 3.17. The van der Waals surface area contributed by atoms with Crippen LogP contribution in [0.15, 0.2) is 48.9 Å². The predicted molar refractivity (Wildman–Crippen MR) is 81.4 cm³/mol. The lowest BCUT2D eigenvalue weighted by molar-refractivity contribution is 0.0589. The van der Waals surface area contributed by atoms with E-state index in [1.807, 2.05) is 36.5 Å². The van der Waals surface area contributed by atoms with Crippen LogP contribution >= 0.6 is 0 Å². The topological polar surface area (TPSA) is 74.0 Å². The molecule has 22 heavy (non-hydrogen) atoms. The molecule has 2 aromatic heterocycles. The van der Waals surface area contributed by atoms with Gasteiger partial charge in [-0.3, -0.25) is 4.68 Å². The van der Waals surface area contributed by atoms with E-state index in [4.69, 9.17) is 4.74 Å². The molecule has 1 aromatic carbocycles. The summed E-state index contributed by atoms with van der Waals surface area (Å²) >= 11 is 0. The number of nitrogens with one attached hydrogen (secondary N) is 1. The van der Waals surface area contributed by atoms with E-state index < -0.39 is 5.97 Å². The van der Waals surface area contributed by atoms with Gasteiger partial charge in [0.25, 0.3) is 0 Å². The minimum absolute atomic E-state index is 0.368. The Morgan fingerprint density at radius 2 is 2.14 bits per heavy atom. The highest BCUT2D eigenvalue weighted by Gasteiger charge is 2.17. The van der Waals surface area contributed by atoms with Crippen LogP contribution < -0.4 is 5.32 Å². The molecule has 3 aromatic rings. The van der Waals surface area contributed by atoms with Crippen LogP contribution in [0.2, 0.25) is 0 Å². The summed E-state index contributed by atoms with van der Waals surface area (Å²) in [5, 5.41) is 11.5. The van der Waals surface area contributed by atoms with Gasteiger partial charge in [-0.1, -0.05) is 6.07 Å². The van der Waals surface area contributed by atoms with Crippen molar-refractivity contribution in [1.29, 1.82) is 0 Å². The van der Waals surface area contributed by atoms with Gasteiger partial charge >= 0.3 is 5.97 Å². The Kier molecular flexibility index (Phi) is 3.61. The van der Waals surface area contributed by atoms with E-state index in [-0.39, 0.29) is 0 Å². The highest BCUT2D eigenvalue weighted by atomic mass is 16.5. The molecule has 0 saturated carbocycles. The second kappa shape index (κ2) is 5.72. The molecule has 0 aliphatic rings. The maximum atomic E-state index is 11.8. The smallest absolute Gasteiger partial charge is 0.358 e. The number of anilines is 2. The van der Waals surface area contributed by atoms with Crippen LogP contribution in [0, 0.1) is 0 Å². The van der Waals surface area contributed by atoms with E-state index in [0.717, 1.165) is 11.4 Å². The molecule has 0 amide bonds. The fourth-order valence-corrected chi connectivity index (χ4v) is 2.17. The Labute approximate surface area is 127 Å². The van der Waals surface area contributed by atoms with Crippen LogP contribution in [0.5, 0.6) is 0 Å². The van der Waals surface area contributed by atoms with E-state index >= 15 is 0 Å². The van der Waals surface area contributed by atoms with Crippen LogP contribution in [-0.4, -0.2) is 32.6 Å². The molecule has 0 saturated heterocycles.